The fraction of sp³-hybridized carbons (Fsp3) is 0.143. The average molecular weight is 198 g/mol. The van der Waals surface area contributed by atoms with Gasteiger partial charge < -0.3 is 10.1 Å². The van der Waals surface area contributed by atoms with E-state index in [4.69, 9.17) is 17.3 Å². The number of pyridine rings is 1. The van der Waals surface area contributed by atoms with Gasteiger partial charge >= 0.3 is 0 Å². The molecule has 0 aromatic carbocycles. The molecule has 0 aliphatic carbocycles. The zero-order valence-electron chi connectivity index (χ0n) is 6.07. The first kappa shape index (κ1) is 7.85. The molecule has 0 fully saturated rings. The molecular formula is C7H6N2OS2. The van der Waals surface area contributed by atoms with Gasteiger partial charge in [-0.2, -0.15) is 0 Å². The largest absolute Gasteiger partial charge is 0.392 e. The number of thiazole rings is 1. The molecule has 0 aliphatic rings. The van der Waals surface area contributed by atoms with Crippen molar-refractivity contribution in [3.8, 4) is 0 Å². The summed E-state index contributed by atoms with van der Waals surface area (Å²) in [5.74, 6) is 0. The molecule has 0 radical (unpaired) electrons. The van der Waals surface area contributed by atoms with E-state index in [0.717, 1.165) is 15.9 Å². The van der Waals surface area contributed by atoms with Crippen molar-refractivity contribution >= 4 is 33.9 Å². The Balaban J connectivity index is 2.74. The molecule has 2 rings (SSSR count). The Kier molecular flexibility index (Phi) is 1.92. The molecule has 0 saturated carbocycles. The zero-order chi connectivity index (χ0) is 8.55. The summed E-state index contributed by atoms with van der Waals surface area (Å²) < 4.78 is 0.715. The third kappa shape index (κ3) is 1.26. The van der Waals surface area contributed by atoms with E-state index in [0.29, 0.717) is 3.95 Å². The van der Waals surface area contributed by atoms with E-state index in [9.17, 15) is 0 Å². The summed E-state index contributed by atoms with van der Waals surface area (Å²) in [6.07, 6.45) is 1.65. The molecule has 2 aromatic rings. The van der Waals surface area contributed by atoms with Crippen LogP contribution in [-0.4, -0.2) is 15.1 Å². The quantitative estimate of drug-likeness (QED) is 0.687. The van der Waals surface area contributed by atoms with Crippen LogP contribution in [0.5, 0.6) is 0 Å². The monoisotopic (exact) mass is 198 g/mol. The first-order valence-electron chi connectivity index (χ1n) is 3.38. The highest BCUT2D eigenvalue weighted by molar-refractivity contribution is 7.73. The summed E-state index contributed by atoms with van der Waals surface area (Å²) >= 11 is 6.39. The molecule has 2 heterocycles. The highest BCUT2D eigenvalue weighted by atomic mass is 32.1. The van der Waals surface area contributed by atoms with Crippen molar-refractivity contribution < 1.29 is 5.11 Å². The second kappa shape index (κ2) is 2.93. The van der Waals surface area contributed by atoms with E-state index in [1.165, 1.54) is 11.3 Å². The lowest BCUT2D eigenvalue weighted by Gasteiger charge is -1.92. The summed E-state index contributed by atoms with van der Waals surface area (Å²) in [4.78, 5) is 8.01. The fourth-order valence-corrected chi connectivity index (χ4v) is 1.98. The summed E-state index contributed by atoms with van der Waals surface area (Å²) in [6.45, 7) is 0.0133. The minimum atomic E-state index is 0.0133. The van der Waals surface area contributed by atoms with Crippen LogP contribution < -0.4 is 0 Å². The van der Waals surface area contributed by atoms with Crippen LogP contribution in [0.15, 0.2) is 12.3 Å². The third-order valence-electron chi connectivity index (χ3n) is 1.52. The minimum Gasteiger partial charge on any atom is -0.392 e. The van der Waals surface area contributed by atoms with Gasteiger partial charge in [-0.1, -0.05) is 11.3 Å². The Morgan fingerprint density at radius 2 is 2.50 bits per heavy atom. The number of aliphatic hydroxyl groups excluding tert-OH is 1. The molecule has 2 N–H and O–H groups in total. The van der Waals surface area contributed by atoms with E-state index < -0.39 is 0 Å². The lowest BCUT2D eigenvalue weighted by molar-refractivity contribution is 0.281. The maximum atomic E-state index is 8.83. The molecule has 2 aromatic heterocycles. The Morgan fingerprint density at radius 1 is 1.67 bits per heavy atom. The van der Waals surface area contributed by atoms with Gasteiger partial charge in [-0.05, 0) is 23.8 Å². The lowest BCUT2D eigenvalue weighted by atomic mass is 10.3. The number of nitrogens with zero attached hydrogens (tertiary/aromatic N) is 1. The Labute approximate surface area is 77.7 Å². The van der Waals surface area contributed by atoms with Crippen LogP contribution in [-0.2, 0) is 6.61 Å². The fourth-order valence-electron chi connectivity index (χ4n) is 0.976. The molecule has 0 atom stereocenters. The number of aliphatic hydroxyl groups is 1. The van der Waals surface area contributed by atoms with Crippen molar-refractivity contribution in [1.82, 2.24) is 9.97 Å². The van der Waals surface area contributed by atoms with Crippen molar-refractivity contribution in [2.75, 3.05) is 0 Å². The van der Waals surface area contributed by atoms with E-state index >= 15 is 0 Å². The Bertz CT molecular complexity index is 460. The van der Waals surface area contributed by atoms with Crippen LogP contribution in [0.2, 0.25) is 0 Å². The lowest BCUT2D eigenvalue weighted by Crippen LogP contribution is -1.83. The molecule has 0 bridgehead atoms. The van der Waals surface area contributed by atoms with Gasteiger partial charge in [-0.15, -0.1) is 0 Å². The molecule has 0 aliphatic heterocycles. The molecule has 62 valence electrons. The molecule has 0 unspecified atom stereocenters. The maximum absolute atomic E-state index is 8.83. The summed E-state index contributed by atoms with van der Waals surface area (Å²) in [5, 5.41) is 8.83. The second-order valence-corrected chi connectivity index (χ2v) is 4.03. The van der Waals surface area contributed by atoms with Gasteiger partial charge in [0.15, 0.2) is 3.95 Å². The van der Waals surface area contributed by atoms with Crippen molar-refractivity contribution in [3.63, 3.8) is 0 Å². The van der Waals surface area contributed by atoms with Crippen molar-refractivity contribution in [3.05, 3.63) is 21.8 Å². The number of fused-ring (bicyclic) bond motifs is 1. The highest BCUT2D eigenvalue weighted by Gasteiger charge is 1.98. The number of hydrogen-bond donors (Lipinski definition) is 2. The van der Waals surface area contributed by atoms with Gasteiger partial charge in [0.05, 0.1) is 12.1 Å². The smallest absolute Gasteiger partial charge is 0.160 e. The Morgan fingerprint density at radius 3 is 3.25 bits per heavy atom. The van der Waals surface area contributed by atoms with E-state index in [-0.39, 0.29) is 6.61 Å². The molecule has 5 heteroatoms. The predicted molar refractivity (Wildman–Crippen MR) is 50.7 cm³/mol. The minimum absolute atomic E-state index is 0.0133. The normalized spacial score (nSPS) is 10.8. The SMILES string of the molecule is OCc1cnc2sc(=S)[nH]c2c1. The molecular weight excluding hydrogens is 192 g/mol. The molecule has 0 amide bonds. The highest BCUT2D eigenvalue weighted by Crippen LogP contribution is 2.17. The van der Waals surface area contributed by atoms with E-state index in [1.807, 2.05) is 6.07 Å². The number of nitrogens with one attached hydrogen (secondary N) is 1. The summed E-state index contributed by atoms with van der Waals surface area (Å²) in [7, 11) is 0. The average Bonchev–Trinajstić information content (AvgIpc) is 2.43. The third-order valence-corrected chi connectivity index (χ3v) is 2.67. The van der Waals surface area contributed by atoms with Crippen LogP contribution >= 0.6 is 23.6 Å². The number of H-pyrrole nitrogens is 1. The number of aromatic amines is 1. The number of aromatic nitrogens is 2. The summed E-state index contributed by atoms with van der Waals surface area (Å²) in [5.41, 5.74) is 1.70. The predicted octanol–water partition coefficient (Wildman–Crippen LogP) is 1.85. The van der Waals surface area contributed by atoms with Gasteiger partial charge in [-0.25, -0.2) is 4.98 Å². The van der Waals surface area contributed by atoms with Gasteiger partial charge in [-0.3, -0.25) is 0 Å². The molecule has 12 heavy (non-hydrogen) atoms. The molecule has 3 nitrogen and oxygen atoms in total. The first-order valence-corrected chi connectivity index (χ1v) is 4.60. The van der Waals surface area contributed by atoms with Crippen LogP contribution in [0.4, 0.5) is 0 Å². The van der Waals surface area contributed by atoms with Gasteiger partial charge in [0.1, 0.15) is 4.83 Å². The second-order valence-electron chi connectivity index (χ2n) is 2.37. The van der Waals surface area contributed by atoms with Gasteiger partial charge in [0.2, 0.25) is 0 Å². The van der Waals surface area contributed by atoms with Crippen LogP contribution in [0.3, 0.4) is 0 Å². The van der Waals surface area contributed by atoms with E-state index in [2.05, 4.69) is 9.97 Å². The topological polar surface area (TPSA) is 48.9 Å². The number of rotatable bonds is 1. The number of hydrogen-bond acceptors (Lipinski definition) is 4. The van der Waals surface area contributed by atoms with E-state index in [1.54, 1.807) is 6.20 Å². The van der Waals surface area contributed by atoms with Crippen molar-refractivity contribution in [2.45, 2.75) is 6.61 Å². The first-order chi connectivity index (χ1) is 5.79. The maximum Gasteiger partial charge on any atom is 0.160 e. The zero-order valence-corrected chi connectivity index (χ0v) is 7.71. The van der Waals surface area contributed by atoms with Crippen molar-refractivity contribution in [2.24, 2.45) is 0 Å². The van der Waals surface area contributed by atoms with Crippen LogP contribution in [0.1, 0.15) is 5.56 Å². The van der Waals surface area contributed by atoms with Crippen molar-refractivity contribution in [1.29, 1.82) is 0 Å². The van der Waals surface area contributed by atoms with Gasteiger partial charge in [0.25, 0.3) is 0 Å². The Hall–Kier alpha value is -0.780. The van der Waals surface area contributed by atoms with Crippen LogP contribution in [0.25, 0.3) is 10.3 Å². The summed E-state index contributed by atoms with van der Waals surface area (Å²) in [6, 6.07) is 1.86. The van der Waals surface area contributed by atoms with Gasteiger partial charge in [0, 0.05) is 6.20 Å². The molecule has 0 spiro atoms. The molecule has 0 saturated heterocycles. The standard InChI is InChI=1S/C7H6N2OS2/c10-3-4-1-5-6(8-2-4)12-7(11)9-5/h1-2,10H,3H2,(H,9,11). The van der Waals surface area contributed by atoms with Crippen LogP contribution in [0, 0.1) is 3.95 Å².